The minimum Gasteiger partial charge on any atom is -0.391 e. The lowest BCUT2D eigenvalue weighted by atomic mass is 9.87. The SMILES string of the molecule is CN/C(=C1\C(=N)CCCC1=O)C(C)C. The standard InChI is InChI=1S/C11H18N2O/c1-7(2)11(13-3)10-8(12)5-4-6-9(10)14/h7,12-13H,4-6H2,1-3H3/b11-10+,12-8?. The number of nitrogens with one attached hydrogen (secondary N) is 2. The Hall–Kier alpha value is -1.12. The molecule has 3 heteroatoms. The Labute approximate surface area is 85.1 Å². The van der Waals surface area contributed by atoms with E-state index in [9.17, 15) is 4.79 Å². The molecule has 1 saturated carbocycles. The Morgan fingerprint density at radius 2 is 2.07 bits per heavy atom. The molecule has 1 aliphatic rings. The maximum Gasteiger partial charge on any atom is 0.166 e. The van der Waals surface area contributed by atoms with Crippen LogP contribution in [0.25, 0.3) is 0 Å². The van der Waals surface area contributed by atoms with E-state index in [1.165, 1.54) is 0 Å². The molecule has 0 aromatic heterocycles. The van der Waals surface area contributed by atoms with Crippen molar-refractivity contribution in [3.8, 4) is 0 Å². The molecule has 0 atom stereocenters. The second-order valence-corrected chi connectivity index (χ2v) is 3.95. The quantitative estimate of drug-likeness (QED) is 0.659. The highest BCUT2D eigenvalue weighted by Crippen LogP contribution is 2.22. The van der Waals surface area contributed by atoms with E-state index in [0.29, 0.717) is 17.7 Å². The fraction of sp³-hybridized carbons (Fsp3) is 0.636. The Kier molecular flexibility index (Phi) is 3.44. The summed E-state index contributed by atoms with van der Waals surface area (Å²) in [7, 11) is 1.82. The van der Waals surface area contributed by atoms with Crippen LogP contribution >= 0.6 is 0 Å². The van der Waals surface area contributed by atoms with Crippen LogP contribution in [-0.2, 0) is 4.79 Å². The number of hydrogen-bond donors (Lipinski definition) is 2. The van der Waals surface area contributed by atoms with Gasteiger partial charge in [0.25, 0.3) is 0 Å². The Bertz CT molecular complexity index is 272. The van der Waals surface area contributed by atoms with Crippen molar-refractivity contribution < 1.29 is 4.79 Å². The summed E-state index contributed by atoms with van der Waals surface area (Å²) >= 11 is 0. The number of carbonyl (C=O) groups excluding carboxylic acids is 1. The first-order chi connectivity index (χ1) is 6.57. The van der Waals surface area contributed by atoms with Crippen molar-refractivity contribution >= 4 is 11.5 Å². The first-order valence-corrected chi connectivity index (χ1v) is 5.10. The van der Waals surface area contributed by atoms with Crippen molar-refractivity contribution in [2.75, 3.05) is 7.05 Å². The van der Waals surface area contributed by atoms with Crippen LogP contribution < -0.4 is 5.32 Å². The molecule has 0 aromatic carbocycles. The van der Waals surface area contributed by atoms with Crippen LogP contribution in [0.2, 0.25) is 0 Å². The Morgan fingerprint density at radius 1 is 1.43 bits per heavy atom. The van der Waals surface area contributed by atoms with Crippen LogP contribution in [0.3, 0.4) is 0 Å². The van der Waals surface area contributed by atoms with Gasteiger partial charge in [0.15, 0.2) is 5.78 Å². The third-order valence-corrected chi connectivity index (χ3v) is 2.53. The molecule has 14 heavy (non-hydrogen) atoms. The Balaban J connectivity index is 3.11. The van der Waals surface area contributed by atoms with Gasteiger partial charge in [-0.25, -0.2) is 0 Å². The highest BCUT2D eigenvalue weighted by Gasteiger charge is 2.24. The molecular formula is C11H18N2O. The first kappa shape index (κ1) is 11.0. The summed E-state index contributed by atoms with van der Waals surface area (Å²) in [6.45, 7) is 4.07. The molecule has 2 N–H and O–H groups in total. The fourth-order valence-corrected chi connectivity index (χ4v) is 1.86. The zero-order valence-corrected chi connectivity index (χ0v) is 9.11. The molecule has 0 heterocycles. The van der Waals surface area contributed by atoms with Crippen LogP contribution in [0.1, 0.15) is 33.1 Å². The van der Waals surface area contributed by atoms with E-state index in [2.05, 4.69) is 5.32 Å². The van der Waals surface area contributed by atoms with Crippen LogP contribution in [0.5, 0.6) is 0 Å². The van der Waals surface area contributed by atoms with Gasteiger partial charge in [0.05, 0.1) is 5.57 Å². The lowest BCUT2D eigenvalue weighted by Gasteiger charge is -2.21. The zero-order valence-electron chi connectivity index (χ0n) is 9.11. The van der Waals surface area contributed by atoms with Crippen molar-refractivity contribution in [3.05, 3.63) is 11.3 Å². The van der Waals surface area contributed by atoms with Crippen LogP contribution in [-0.4, -0.2) is 18.5 Å². The van der Waals surface area contributed by atoms with E-state index in [1.807, 2.05) is 20.9 Å². The van der Waals surface area contributed by atoms with Gasteiger partial charge in [-0.05, 0) is 18.8 Å². The molecule has 1 aliphatic carbocycles. The average Bonchev–Trinajstić information content (AvgIpc) is 2.10. The molecule has 1 fully saturated rings. The molecule has 0 aromatic rings. The summed E-state index contributed by atoms with van der Waals surface area (Å²) in [5.41, 5.74) is 2.05. The second kappa shape index (κ2) is 4.40. The average molecular weight is 194 g/mol. The summed E-state index contributed by atoms with van der Waals surface area (Å²) in [5, 5.41) is 10.8. The van der Waals surface area contributed by atoms with Gasteiger partial charge in [0.1, 0.15) is 0 Å². The second-order valence-electron chi connectivity index (χ2n) is 3.95. The molecule has 0 radical (unpaired) electrons. The molecule has 78 valence electrons. The van der Waals surface area contributed by atoms with Crippen LogP contribution in [0, 0.1) is 11.3 Å². The molecule has 1 rings (SSSR count). The smallest absolute Gasteiger partial charge is 0.166 e. The van der Waals surface area contributed by atoms with Crippen molar-refractivity contribution in [2.45, 2.75) is 33.1 Å². The predicted molar refractivity (Wildman–Crippen MR) is 57.5 cm³/mol. The first-order valence-electron chi connectivity index (χ1n) is 5.10. The summed E-state index contributed by atoms with van der Waals surface area (Å²) < 4.78 is 0. The maximum atomic E-state index is 11.7. The van der Waals surface area contributed by atoms with Gasteiger partial charge in [0, 0.05) is 24.9 Å². The fourth-order valence-electron chi connectivity index (χ4n) is 1.86. The van der Waals surface area contributed by atoms with E-state index in [4.69, 9.17) is 5.41 Å². The monoisotopic (exact) mass is 194 g/mol. The molecule has 0 spiro atoms. The van der Waals surface area contributed by atoms with E-state index < -0.39 is 0 Å². The van der Waals surface area contributed by atoms with Crippen LogP contribution in [0.4, 0.5) is 0 Å². The van der Waals surface area contributed by atoms with Gasteiger partial charge in [-0.2, -0.15) is 0 Å². The summed E-state index contributed by atoms with van der Waals surface area (Å²) in [6, 6.07) is 0. The number of Topliss-reactive ketones (excluding diaryl/α,β-unsaturated/α-hetero) is 1. The van der Waals surface area contributed by atoms with Crippen LogP contribution in [0.15, 0.2) is 11.3 Å². The molecule has 0 amide bonds. The van der Waals surface area contributed by atoms with Crippen molar-refractivity contribution in [1.29, 1.82) is 5.41 Å². The highest BCUT2D eigenvalue weighted by atomic mass is 16.1. The lowest BCUT2D eigenvalue weighted by molar-refractivity contribution is -0.115. The summed E-state index contributed by atoms with van der Waals surface area (Å²) in [5.74, 6) is 0.400. The van der Waals surface area contributed by atoms with Gasteiger partial charge in [-0.15, -0.1) is 0 Å². The largest absolute Gasteiger partial charge is 0.391 e. The molecule has 0 aliphatic heterocycles. The third-order valence-electron chi connectivity index (χ3n) is 2.53. The van der Waals surface area contributed by atoms with E-state index >= 15 is 0 Å². The van der Waals surface area contributed by atoms with Gasteiger partial charge in [0.2, 0.25) is 0 Å². The number of ketones is 1. The molecular weight excluding hydrogens is 176 g/mol. The molecule has 0 saturated heterocycles. The third kappa shape index (κ3) is 2.03. The topological polar surface area (TPSA) is 53.0 Å². The maximum absolute atomic E-state index is 11.7. The van der Waals surface area contributed by atoms with Crippen molar-refractivity contribution in [2.24, 2.45) is 5.92 Å². The van der Waals surface area contributed by atoms with Crippen molar-refractivity contribution in [3.63, 3.8) is 0 Å². The molecule has 3 nitrogen and oxygen atoms in total. The summed E-state index contributed by atoms with van der Waals surface area (Å²) in [6.07, 6.45) is 2.16. The van der Waals surface area contributed by atoms with Gasteiger partial charge < -0.3 is 10.7 Å². The summed E-state index contributed by atoms with van der Waals surface area (Å²) in [4.78, 5) is 11.7. The number of hydrogen-bond acceptors (Lipinski definition) is 3. The van der Waals surface area contributed by atoms with Gasteiger partial charge >= 0.3 is 0 Å². The highest BCUT2D eigenvalue weighted by molar-refractivity contribution is 6.23. The van der Waals surface area contributed by atoms with Gasteiger partial charge in [-0.3, -0.25) is 4.79 Å². The zero-order chi connectivity index (χ0) is 10.7. The lowest BCUT2D eigenvalue weighted by Crippen LogP contribution is -2.26. The number of rotatable bonds is 2. The van der Waals surface area contributed by atoms with Gasteiger partial charge in [-0.1, -0.05) is 13.8 Å². The normalized spacial score (nSPS) is 21.4. The predicted octanol–water partition coefficient (Wildman–Crippen LogP) is 1.89. The van der Waals surface area contributed by atoms with E-state index in [1.54, 1.807) is 0 Å². The minimum absolute atomic E-state index is 0.124. The number of carbonyl (C=O) groups is 1. The van der Waals surface area contributed by atoms with E-state index in [0.717, 1.165) is 18.5 Å². The Morgan fingerprint density at radius 3 is 2.50 bits per heavy atom. The number of allylic oxidation sites excluding steroid dienone is 2. The molecule has 0 bridgehead atoms. The minimum atomic E-state index is 0.124. The molecule has 0 unspecified atom stereocenters. The van der Waals surface area contributed by atoms with Crippen molar-refractivity contribution in [1.82, 2.24) is 5.32 Å². The van der Waals surface area contributed by atoms with E-state index in [-0.39, 0.29) is 11.7 Å².